The third-order valence-corrected chi connectivity index (χ3v) is 5.08. The van der Waals surface area contributed by atoms with Crippen molar-refractivity contribution in [1.29, 1.82) is 0 Å². The van der Waals surface area contributed by atoms with Gasteiger partial charge in [-0.1, -0.05) is 18.2 Å². The molecule has 0 aromatic heterocycles. The Labute approximate surface area is 144 Å². The number of nitro benzene ring substituents is 1. The fraction of sp³-hybridized carbons (Fsp3) is 0.263. The molecule has 1 aliphatic heterocycles. The molecule has 128 valence electrons. The van der Waals surface area contributed by atoms with Crippen molar-refractivity contribution < 1.29 is 14.1 Å². The standard InChI is InChI=1S/C19H17FN2O3/c1-25-18-8-5-11(9-17(18)22(23)24)19-14-4-2-3-13(14)15-10-12(20)6-7-16(15)21-19/h2-3,5-10,13-14,19,21H,4H2,1H3/t13-,14-,19-/m0/s1. The Morgan fingerprint density at radius 2 is 2.12 bits per heavy atom. The van der Waals surface area contributed by atoms with Crippen LogP contribution in [0.15, 0.2) is 48.6 Å². The Hall–Kier alpha value is -2.89. The number of halogens is 1. The molecule has 2 aliphatic rings. The molecular formula is C19H17FN2O3. The number of hydrogen-bond donors (Lipinski definition) is 1. The van der Waals surface area contributed by atoms with E-state index in [4.69, 9.17) is 4.74 Å². The molecule has 0 saturated heterocycles. The fourth-order valence-electron chi connectivity index (χ4n) is 3.94. The number of fused-ring (bicyclic) bond motifs is 3. The molecule has 6 heteroatoms. The molecule has 2 aromatic carbocycles. The first-order valence-electron chi connectivity index (χ1n) is 8.13. The summed E-state index contributed by atoms with van der Waals surface area (Å²) in [5.74, 6) is 0.298. The molecule has 0 amide bonds. The Balaban J connectivity index is 1.78. The van der Waals surface area contributed by atoms with Crippen LogP contribution in [-0.4, -0.2) is 12.0 Å². The number of anilines is 1. The van der Waals surface area contributed by atoms with E-state index < -0.39 is 4.92 Å². The van der Waals surface area contributed by atoms with Crippen LogP contribution < -0.4 is 10.1 Å². The van der Waals surface area contributed by atoms with E-state index >= 15 is 0 Å². The molecule has 4 rings (SSSR count). The lowest BCUT2D eigenvalue weighted by molar-refractivity contribution is -0.385. The number of nitrogens with zero attached hydrogens (tertiary/aromatic N) is 1. The zero-order valence-electron chi connectivity index (χ0n) is 13.6. The average Bonchev–Trinajstić information content (AvgIpc) is 3.10. The van der Waals surface area contributed by atoms with Crippen LogP contribution in [0.2, 0.25) is 0 Å². The number of methoxy groups -OCH3 is 1. The number of nitrogens with one attached hydrogen (secondary N) is 1. The van der Waals surface area contributed by atoms with Gasteiger partial charge in [-0.15, -0.1) is 0 Å². The topological polar surface area (TPSA) is 64.4 Å². The quantitative estimate of drug-likeness (QED) is 0.505. The van der Waals surface area contributed by atoms with Gasteiger partial charge in [-0.2, -0.15) is 0 Å². The van der Waals surface area contributed by atoms with Gasteiger partial charge in [0.25, 0.3) is 0 Å². The first-order valence-corrected chi connectivity index (χ1v) is 8.13. The van der Waals surface area contributed by atoms with Gasteiger partial charge in [0.15, 0.2) is 5.75 Å². The van der Waals surface area contributed by atoms with Crippen molar-refractivity contribution in [1.82, 2.24) is 0 Å². The minimum absolute atomic E-state index is 0.0470. The van der Waals surface area contributed by atoms with Crippen LogP contribution in [0.1, 0.15) is 29.5 Å². The number of allylic oxidation sites excluding steroid dienone is 2. The third-order valence-electron chi connectivity index (χ3n) is 5.08. The van der Waals surface area contributed by atoms with Crippen LogP contribution >= 0.6 is 0 Å². The number of nitro groups is 1. The van der Waals surface area contributed by atoms with Crippen LogP contribution in [-0.2, 0) is 0 Å². The van der Waals surface area contributed by atoms with Gasteiger partial charge in [0.1, 0.15) is 5.82 Å². The highest BCUT2D eigenvalue weighted by Gasteiger charge is 2.38. The number of hydrogen-bond acceptors (Lipinski definition) is 4. The maximum atomic E-state index is 13.7. The molecule has 1 aliphatic carbocycles. The summed E-state index contributed by atoms with van der Waals surface area (Å²) < 4.78 is 18.7. The maximum Gasteiger partial charge on any atom is 0.311 e. The van der Waals surface area contributed by atoms with Gasteiger partial charge in [0, 0.05) is 17.7 Å². The molecular weight excluding hydrogens is 323 g/mol. The van der Waals surface area contributed by atoms with Crippen LogP contribution in [0.4, 0.5) is 15.8 Å². The lowest BCUT2D eigenvalue weighted by atomic mass is 9.77. The number of rotatable bonds is 3. The molecule has 0 bridgehead atoms. The predicted molar refractivity (Wildman–Crippen MR) is 92.4 cm³/mol. The molecule has 25 heavy (non-hydrogen) atoms. The van der Waals surface area contributed by atoms with Crippen LogP contribution in [0.5, 0.6) is 5.75 Å². The fourth-order valence-corrected chi connectivity index (χ4v) is 3.94. The van der Waals surface area contributed by atoms with Gasteiger partial charge in [0.05, 0.1) is 18.1 Å². The summed E-state index contributed by atoms with van der Waals surface area (Å²) in [6.45, 7) is 0. The van der Waals surface area contributed by atoms with Gasteiger partial charge in [-0.25, -0.2) is 4.39 Å². The molecule has 0 spiro atoms. The van der Waals surface area contributed by atoms with Crippen molar-refractivity contribution in [3.8, 4) is 5.75 Å². The summed E-state index contributed by atoms with van der Waals surface area (Å²) in [7, 11) is 1.42. The van der Waals surface area contributed by atoms with Crippen molar-refractivity contribution in [3.63, 3.8) is 0 Å². The summed E-state index contributed by atoms with van der Waals surface area (Å²) in [6, 6.07) is 9.71. The van der Waals surface area contributed by atoms with Gasteiger partial charge < -0.3 is 10.1 Å². The van der Waals surface area contributed by atoms with Crippen molar-refractivity contribution in [2.45, 2.75) is 18.4 Å². The summed E-state index contributed by atoms with van der Waals surface area (Å²) >= 11 is 0. The second kappa shape index (κ2) is 5.88. The van der Waals surface area contributed by atoms with Gasteiger partial charge >= 0.3 is 5.69 Å². The molecule has 1 N–H and O–H groups in total. The minimum Gasteiger partial charge on any atom is -0.490 e. The zero-order chi connectivity index (χ0) is 17.6. The summed E-state index contributed by atoms with van der Waals surface area (Å²) in [4.78, 5) is 10.9. The Bertz CT molecular complexity index is 881. The lowest BCUT2D eigenvalue weighted by Crippen LogP contribution is -2.29. The van der Waals surface area contributed by atoms with Crippen molar-refractivity contribution in [3.05, 3.63) is 75.6 Å². The molecule has 2 aromatic rings. The highest BCUT2D eigenvalue weighted by molar-refractivity contribution is 5.61. The molecule has 1 heterocycles. The largest absolute Gasteiger partial charge is 0.490 e. The lowest BCUT2D eigenvalue weighted by Gasteiger charge is -2.37. The van der Waals surface area contributed by atoms with E-state index in [0.717, 1.165) is 23.2 Å². The second-order valence-electron chi connectivity index (χ2n) is 6.40. The predicted octanol–water partition coefficient (Wildman–Crippen LogP) is 4.57. The van der Waals surface area contributed by atoms with Crippen LogP contribution in [0.3, 0.4) is 0 Å². The minimum atomic E-state index is -0.432. The van der Waals surface area contributed by atoms with Crippen molar-refractivity contribution in [2.24, 2.45) is 5.92 Å². The first kappa shape index (κ1) is 15.6. The molecule has 0 radical (unpaired) electrons. The van der Waals surface area contributed by atoms with E-state index in [1.54, 1.807) is 24.3 Å². The summed E-state index contributed by atoms with van der Waals surface area (Å²) in [5.41, 5.74) is 2.60. The van der Waals surface area contributed by atoms with E-state index in [0.29, 0.717) is 0 Å². The third kappa shape index (κ3) is 2.54. The summed E-state index contributed by atoms with van der Waals surface area (Å²) in [5, 5.41) is 14.8. The van der Waals surface area contributed by atoms with Gasteiger partial charge in [-0.05, 0) is 47.7 Å². The Kier molecular flexibility index (Phi) is 3.67. The van der Waals surface area contributed by atoms with E-state index in [1.807, 2.05) is 6.07 Å². The highest BCUT2D eigenvalue weighted by atomic mass is 19.1. The average molecular weight is 340 g/mol. The highest BCUT2D eigenvalue weighted by Crippen LogP contribution is 2.50. The maximum absolute atomic E-state index is 13.7. The summed E-state index contributed by atoms with van der Waals surface area (Å²) in [6.07, 6.45) is 5.05. The monoisotopic (exact) mass is 340 g/mol. The van der Waals surface area contributed by atoms with Crippen molar-refractivity contribution >= 4 is 11.4 Å². The SMILES string of the molecule is COc1ccc([C@@H]2Nc3ccc(F)cc3[C@H]3C=CC[C@@H]32)cc1[N+](=O)[O-]. The molecule has 0 unspecified atom stereocenters. The van der Waals surface area contributed by atoms with E-state index in [9.17, 15) is 14.5 Å². The van der Waals surface area contributed by atoms with E-state index in [-0.39, 0.29) is 35.1 Å². The Morgan fingerprint density at radius 3 is 2.88 bits per heavy atom. The van der Waals surface area contributed by atoms with Gasteiger partial charge in [-0.3, -0.25) is 10.1 Å². The van der Waals surface area contributed by atoms with Crippen molar-refractivity contribution in [2.75, 3.05) is 12.4 Å². The molecule has 0 saturated carbocycles. The van der Waals surface area contributed by atoms with E-state index in [1.165, 1.54) is 13.2 Å². The van der Waals surface area contributed by atoms with E-state index in [2.05, 4.69) is 17.5 Å². The smallest absolute Gasteiger partial charge is 0.311 e. The second-order valence-corrected chi connectivity index (χ2v) is 6.40. The molecule has 3 atom stereocenters. The van der Waals surface area contributed by atoms with Gasteiger partial charge in [0.2, 0.25) is 0 Å². The Morgan fingerprint density at radius 1 is 1.28 bits per heavy atom. The van der Waals surface area contributed by atoms with Crippen LogP contribution in [0.25, 0.3) is 0 Å². The molecule has 5 nitrogen and oxygen atoms in total. The van der Waals surface area contributed by atoms with Crippen LogP contribution in [0, 0.1) is 21.8 Å². The zero-order valence-corrected chi connectivity index (χ0v) is 13.6. The number of benzene rings is 2. The molecule has 0 fully saturated rings. The first-order chi connectivity index (χ1) is 12.1. The normalized spacial score (nSPS) is 23.5. The number of ether oxygens (including phenoxy) is 1.